The van der Waals surface area contributed by atoms with Crippen LogP contribution in [0.1, 0.15) is 17.6 Å². The summed E-state index contributed by atoms with van der Waals surface area (Å²) in [6.07, 6.45) is -0.425. The van der Waals surface area contributed by atoms with Gasteiger partial charge in [-0.25, -0.2) is 14.4 Å². The summed E-state index contributed by atoms with van der Waals surface area (Å²) in [5.74, 6) is 0.286. The van der Waals surface area contributed by atoms with Crippen LogP contribution in [0.25, 0.3) is 10.9 Å². The van der Waals surface area contributed by atoms with E-state index >= 15 is 0 Å². The number of hydrogen-bond donors (Lipinski definition) is 1. The highest BCUT2D eigenvalue weighted by Gasteiger charge is 2.33. The summed E-state index contributed by atoms with van der Waals surface area (Å²) < 4.78 is 15.6. The Morgan fingerprint density at radius 3 is 2.81 bits per heavy atom. The zero-order valence-corrected chi connectivity index (χ0v) is 19.3. The lowest BCUT2D eigenvalue weighted by atomic mass is 10.2. The lowest BCUT2D eigenvalue weighted by Crippen LogP contribution is -2.43. The third-order valence-electron chi connectivity index (χ3n) is 4.88. The molecular weight excluding hydrogens is 503 g/mol. The number of aryl methyl sites for hydroxylation is 1. The monoisotopic (exact) mass is 516 g/mol. The first-order chi connectivity index (χ1) is 14.9. The fraction of sp³-hybridized carbons (Fsp3) is 0.150. The average Bonchev–Trinajstić information content (AvgIpc) is 3.16. The van der Waals surface area contributed by atoms with Crippen LogP contribution in [0.4, 0.5) is 4.39 Å². The highest BCUT2D eigenvalue weighted by Crippen LogP contribution is 2.29. The molecule has 2 aromatic carbocycles. The lowest BCUT2D eigenvalue weighted by Gasteiger charge is -2.27. The number of thioether (sulfide) groups is 1. The third kappa shape index (κ3) is 3.77. The Balaban J connectivity index is 1.45. The van der Waals surface area contributed by atoms with Crippen LogP contribution >= 0.6 is 39.9 Å². The van der Waals surface area contributed by atoms with Gasteiger partial charge in [-0.2, -0.15) is 10.1 Å². The van der Waals surface area contributed by atoms with Crippen LogP contribution in [0.15, 0.2) is 61.8 Å². The van der Waals surface area contributed by atoms with Gasteiger partial charge in [0.1, 0.15) is 22.9 Å². The molecule has 3 heterocycles. The van der Waals surface area contributed by atoms with Crippen LogP contribution in [0.2, 0.25) is 0 Å². The SMILES string of the molecule is Cc1nc2ccc(Br)cc2c(=O)n1CC1=NN2C(=S)NC(c3ccc(F)cc3)N=C2S1. The van der Waals surface area contributed by atoms with Crippen molar-refractivity contribution in [2.24, 2.45) is 10.1 Å². The van der Waals surface area contributed by atoms with Gasteiger partial charge in [0.05, 0.1) is 17.4 Å². The van der Waals surface area contributed by atoms with Crippen LogP contribution < -0.4 is 10.9 Å². The Morgan fingerprint density at radius 2 is 2.03 bits per heavy atom. The molecule has 0 fully saturated rings. The second-order valence-corrected chi connectivity index (χ2v) is 9.28. The third-order valence-corrected chi connectivity index (χ3v) is 6.57. The fourth-order valence-electron chi connectivity index (χ4n) is 3.35. The van der Waals surface area contributed by atoms with E-state index in [1.807, 2.05) is 12.1 Å². The van der Waals surface area contributed by atoms with Crippen molar-refractivity contribution >= 4 is 66.1 Å². The summed E-state index contributed by atoms with van der Waals surface area (Å²) in [4.78, 5) is 22.3. The van der Waals surface area contributed by atoms with E-state index in [0.717, 1.165) is 10.0 Å². The molecule has 11 heteroatoms. The van der Waals surface area contributed by atoms with Crippen LogP contribution in [0.5, 0.6) is 0 Å². The van der Waals surface area contributed by atoms with Gasteiger partial charge in [0.25, 0.3) is 5.56 Å². The Morgan fingerprint density at radius 1 is 1.26 bits per heavy atom. The Kier molecular flexibility index (Phi) is 5.11. The number of hydrogen-bond acceptors (Lipinski definition) is 6. The molecule has 2 aliphatic rings. The van der Waals surface area contributed by atoms with Gasteiger partial charge < -0.3 is 5.32 Å². The standard InChI is InChI=1S/C20H14BrFN6OS2/c1-10-23-15-7-4-12(21)8-14(15)18(29)27(10)9-16-26-28-19(30)24-17(25-20(28)31-16)11-2-5-13(22)6-3-11/h2-8,17H,9H2,1H3,(H,24,30). The molecule has 1 N–H and O–H groups in total. The molecule has 0 amide bonds. The molecule has 5 rings (SSSR count). The second kappa shape index (κ2) is 7.81. The summed E-state index contributed by atoms with van der Waals surface area (Å²) in [5.41, 5.74) is 1.31. The number of fused-ring (bicyclic) bond motifs is 2. The second-order valence-electron chi connectivity index (χ2n) is 6.93. The van der Waals surface area contributed by atoms with Crippen molar-refractivity contribution in [3.05, 3.63) is 74.5 Å². The molecule has 0 aliphatic carbocycles. The van der Waals surface area contributed by atoms with Gasteiger partial charge in [0, 0.05) is 4.47 Å². The van der Waals surface area contributed by atoms with Gasteiger partial charge >= 0.3 is 0 Å². The first kappa shape index (κ1) is 20.3. The van der Waals surface area contributed by atoms with Crippen molar-refractivity contribution in [3.63, 3.8) is 0 Å². The highest BCUT2D eigenvalue weighted by atomic mass is 79.9. The lowest BCUT2D eigenvalue weighted by molar-refractivity contribution is 0.553. The van der Waals surface area contributed by atoms with Crippen molar-refractivity contribution in [1.82, 2.24) is 19.9 Å². The predicted octanol–water partition coefficient (Wildman–Crippen LogP) is 3.91. The minimum Gasteiger partial charge on any atom is -0.335 e. The van der Waals surface area contributed by atoms with E-state index in [1.165, 1.54) is 23.9 Å². The maximum atomic E-state index is 13.2. The summed E-state index contributed by atoms with van der Waals surface area (Å²) in [5, 5.41) is 11.4. The van der Waals surface area contributed by atoms with Crippen molar-refractivity contribution in [1.29, 1.82) is 0 Å². The van der Waals surface area contributed by atoms with Gasteiger partial charge in [-0.05, 0) is 66.8 Å². The molecule has 3 aromatic rings. The molecule has 0 bridgehead atoms. The smallest absolute Gasteiger partial charge is 0.261 e. The van der Waals surface area contributed by atoms with Crippen molar-refractivity contribution < 1.29 is 4.39 Å². The van der Waals surface area contributed by atoms with E-state index in [-0.39, 0.29) is 17.9 Å². The van der Waals surface area contributed by atoms with E-state index in [2.05, 4.69) is 36.3 Å². The molecular formula is C20H14BrFN6OS2. The van der Waals surface area contributed by atoms with Gasteiger partial charge in [-0.1, -0.05) is 28.1 Å². The molecule has 2 aliphatic heterocycles. The first-order valence-electron chi connectivity index (χ1n) is 9.25. The Hall–Kier alpha value is -2.63. The Labute approximate surface area is 194 Å². The predicted molar refractivity (Wildman–Crippen MR) is 128 cm³/mol. The molecule has 0 radical (unpaired) electrons. The maximum absolute atomic E-state index is 13.2. The van der Waals surface area contributed by atoms with Crippen LogP contribution in [-0.2, 0) is 6.54 Å². The zero-order valence-electron chi connectivity index (χ0n) is 16.0. The number of halogens is 2. The zero-order chi connectivity index (χ0) is 21.7. The summed E-state index contributed by atoms with van der Waals surface area (Å²) in [6, 6.07) is 11.5. The number of rotatable bonds is 3. The van der Waals surface area contributed by atoms with Crippen molar-refractivity contribution in [3.8, 4) is 0 Å². The van der Waals surface area contributed by atoms with E-state index in [1.54, 1.807) is 34.7 Å². The van der Waals surface area contributed by atoms with Crippen molar-refractivity contribution in [2.45, 2.75) is 19.6 Å². The maximum Gasteiger partial charge on any atom is 0.261 e. The Bertz CT molecular complexity index is 1350. The minimum atomic E-state index is -0.425. The molecule has 1 unspecified atom stereocenters. The van der Waals surface area contributed by atoms with Gasteiger partial charge in [-0.15, -0.1) is 0 Å². The van der Waals surface area contributed by atoms with Crippen LogP contribution in [0.3, 0.4) is 0 Å². The van der Waals surface area contributed by atoms with E-state index < -0.39 is 6.17 Å². The van der Waals surface area contributed by atoms with Gasteiger partial charge in [0.15, 0.2) is 10.3 Å². The summed E-state index contributed by atoms with van der Waals surface area (Å²) >= 11 is 10.2. The normalized spacial score (nSPS) is 18.0. The van der Waals surface area contributed by atoms with Gasteiger partial charge in [0.2, 0.25) is 0 Å². The average molecular weight is 517 g/mol. The summed E-state index contributed by atoms with van der Waals surface area (Å²) in [7, 11) is 0. The number of amidine groups is 1. The molecule has 1 aromatic heterocycles. The quantitative estimate of drug-likeness (QED) is 0.532. The molecule has 7 nitrogen and oxygen atoms in total. The molecule has 1 atom stereocenters. The number of nitrogens with zero attached hydrogens (tertiary/aromatic N) is 5. The number of aliphatic imine (C=N–C) groups is 1. The van der Waals surface area contributed by atoms with Crippen molar-refractivity contribution in [2.75, 3.05) is 0 Å². The minimum absolute atomic E-state index is 0.135. The van der Waals surface area contributed by atoms with Crippen LogP contribution in [0, 0.1) is 12.7 Å². The number of nitrogens with one attached hydrogen (secondary N) is 1. The van der Waals surface area contributed by atoms with E-state index in [4.69, 9.17) is 12.2 Å². The first-order valence-corrected chi connectivity index (χ1v) is 11.3. The van der Waals surface area contributed by atoms with E-state index in [9.17, 15) is 9.18 Å². The number of hydrazone groups is 1. The molecule has 0 saturated heterocycles. The number of aromatic nitrogens is 2. The topological polar surface area (TPSA) is 74.9 Å². The molecule has 156 valence electrons. The molecule has 0 saturated carbocycles. The molecule has 0 spiro atoms. The molecule has 31 heavy (non-hydrogen) atoms. The number of thiocarbonyl (C=S) groups is 1. The largest absolute Gasteiger partial charge is 0.335 e. The van der Waals surface area contributed by atoms with E-state index in [0.29, 0.717) is 32.1 Å². The highest BCUT2D eigenvalue weighted by molar-refractivity contribution is 9.10. The fourth-order valence-corrected chi connectivity index (χ4v) is 4.91. The van der Waals surface area contributed by atoms with Gasteiger partial charge in [-0.3, -0.25) is 9.36 Å². The van der Waals surface area contributed by atoms with Crippen LogP contribution in [-0.4, -0.2) is 29.9 Å². The summed E-state index contributed by atoms with van der Waals surface area (Å²) in [6.45, 7) is 2.05. The number of benzene rings is 2.